The molecule has 100 valence electrons. The number of nitrogens with one attached hydrogen (secondary N) is 1. The van der Waals surface area contributed by atoms with Crippen LogP contribution in [0.4, 0.5) is 0 Å². The van der Waals surface area contributed by atoms with Gasteiger partial charge in [-0.1, -0.05) is 48.5 Å². The fourth-order valence-corrected chi connectivity index (χ4v) is 2.55. The van der Waals surface area contributed by atoms with Gasteiger partial charge in [0.05, 0.1) is 16.9 Å². The predicted octanol–water partition coefficient (Wildman–Crippen LogP) is 4.29. The molecule has 2 heterocycles. The van der Waals surface area contributed by atoms with E-state index in [1.165, 1.54) is 0 Å². The highest BCUT2D eigenvalue weighted by Crippen LogP contribution is 2.28. The van der Waals surface area contributed by atoms with Crippen LogP contribution in [0.15, 0.2) is 72.9 Å². The smallest absolute Gasteiger partial charge is 0.0927 e. The average molecular weight is 271 g/mol. The summed E-state index contributed by atoms with van der Waals surface area (Å²) >= 11 is 0. The van der Waals surface area contributed by atoms with E-state index >= 15 is 0 Å². The molecule has 0 radical (unpaired) electrons. The maximum absolute atomic E-state index is 4.42. The Morgan fingerprint density at radius 1 is 0.810 bits per heavy atom. The number of para-hydroxylation sites is 1. The molecule has 3 heteroatoms. The van der Waals surface area contributed by atoms with E-state index in [-0.39, 0.29) is 0 Å². The Bertz CT molecular complexity index is 889. The molecule has 0 amide bonds. The van der Waals surface area contributed by atoms with Gasteiger partial charge < -0.3 is 0 Å². The zero-order valence-electron chi connectivity index (χ0n) is 11.3. The minimum absolute atomic E-state index is 0.950. The molecule has 4 aromatic rings. The van der Waals surface area contributed by atoms with Gasteiger partial charge in [-0.25, -0.2) is 0 Å². The summed E-state index contributed by atoms with van der Waals surface area (Å²) in [6.07, 6.45) is 1.83. The highest BCUT2D eigenvalue weighted by Gasteiger charge is 2.08. The Morgan fingerprint density at radius 2 is 1.62 bits per heavy atom. The molecule has 0 bridgehead atoms. The quantitative estimate of drug-likeness (QED) is 0.591. The lowest BCUT2D eigenvalue weighted by Crippen LogP contribution is -1.83. The summed E-state index contributed by atoms with van der Waals surface area (Å²) in [5.41, 5.74) is 5.18. The number of H-pyrrole nitrogens is 1. The molecule has 0 unspecified atom stereocenters. The molecule has 0 aliphatic rings. The number of rotatable bonds is 2. The van der Waals surface area contributed by atoms with Gasteiger partial charge in [0.15, 0.2) is 0 Å². The van der Waals surface area contributed by atoms with Gasteiger partial charge in [0, 0.05) is 22.7 Å². The van der Waals surface area contributed by atoms with Crippen molar-refractivity contribution in [3.8, 4) is 22.5 Å². The molecule has 0 saturated carbocycles. The first-order valence-corrected chi connectivity index (χ1v) is 6.87. The molecule has 0 spiro atoms. The molecule has 2 aromatic carbocycles. The lowest BCUT2D eigenvalue weighted by atomic mass is 10.1. The van der Waals surface area contributed by atoms with Crippen LogP contribution < -0.4 is 0 Å². The second-order valence-corrected chi connectivity index (χ2v) is 4.91. The largest absolute Gasteiger partial charge is 0.277 e. The number of pyridine rings is 1. The van der Waals surface area contributed by atoms with Crippen LogP contribution in [-0.4, -0.2) is 15.2 Å². The summed E-state index contributed by atoms with van der Waals surface area (Å²) in [4.78, 5) is 4.40. The Kier molecular flexibility index (Phi) is 2.75. The molecule has 0 fully saturated rings. The second-order valence-electron chi connectivity index (χ2n) is 4.91. The number of hydrogen-bond donors (Lipinski definition) is 1. The highest BCUT2D eigenvalue weighted by molar-refractivity contribution is 5.93. The SMILES string of the molecule is c1ccc(-c2cc(-c3ccnc4ccccc34)[nH]n2)cc1. The lowest BCUT2D eigenvalue weighted by Gasteiger charge is -2.02. The van der Waals surface area contributed by atoms with Crippen molar-refractivity contribution in [2.75, 3.05) is 0 Å². The molecule has 0 aliphatic heterocycles. The number of aromatic nitrogens is 3. The fraction of sp³-hybridized carbons (Fsp3) is 0. The van der Waals surface area contributed by atoms with Crippen LogP contribution in [0.5, 0.6) is 0 Å². The van der Waals surface area contributed by atoms with Gasteiger partial charge in [0.1, 0.15) is 0 Å². The minimum Gasteiger partial charge on any atom is -0.277 e. The van der Waals surface area contributed by atoms with Crippen LogP contribution in [0, 0.1) is 0 Å². The molecule has 21 heavy (non-hydrogen) atoms. The molecule has 2 aromatic heterocycles. The third kappa shape index (κ3) is 2.09. The minimum atomic E-state index is 0.950. The maximum Gasteiger partial charge on any atom is 0.0927 e. The molecular weight excluding hydrogens is 258 g/mol. The third-order valence-electron chi connectivity index (χ3n) is 3.59. The van der Waals surface area contributed by atoms with E-state index in [9.17, 15) is 0 Å². The van der Waals surface area contributed by atoms with Gasteiger partial charge in [-0.2, -0.15) is 5.10 Å². The van der Waals surface area contributed by atoms with Gasteiger partial charge >= 0.3 is 0 Å². The van der Waals surface area contributed by atoms with E-state index in [4.69, 9.17) is 0 Å². The van der Waals surface area contributed by atoms with E-state index in [2.05, 4.69) is 39.4 Å². The predicted molar refractivity (Wildman–Crippen MR) is 84.8 cm³/mol. The van der Waals surface area contributed by atoms with Crippen LogP contribution in [0.2, 0.25) is 0 Å². The summed E-state index contributed by atoms with van der Waals surface area (Å²) in [5, 5.41) is 8.69. The molecule has 0 aliphatic carbocycles. The molecule has 3 nitrogen and oxygen atoms in total. The zero-order chi connectivity index (χ0) is 14.1. The Morgan fingerprint density at radius 3 is 2.52 bits per heavy atom. The van der Waals surface area contributed by atoms with E-state index < -0.39 is 0 Å². The number of benzene rings is 2. The van der Waals surface area contributed by atoms with Gasteiger partial charge in [-0.3, -0.25) is 10.1 Å². The summed E-state index contributed by atoms with van der Waals surface area (Å²) in [6.45, 7) is 0. The average Bonchev–Trinajstić information content (AvgIpc) is 3.05. The summed E-state index contributed by atoms with van der Waals surface area (Å²) in [7, 11) is 0. The maximum atomic E-state index is 4.42. The summed E-state index contributed by atoms with van der Waals surface area (Å²) < 4.78 is 0. The van der Waals surface area contributed by atoms with Crippen molar-refractivity contribution in [3.63, 3.8) is 0 Å². The van der Waals surface area contributed by atoms with Crippen LogP contribution >= 0.6 is 0 Å². The number of nitrogens with zero attached hydrogens (tertiary/aromatic N) is 2. The van der Waals surface area contributed by atoms with Crippen molar-refractivity contribution in [1.29, 1.82) is 0 Å². The number of fused-ring (bicyclic) bond motifs is 1. The van der Waals surface area contributed by atoms with Crippen molar-refractivity contribution in [2.24, 2.45) is 0 Å². The number of hydrogen-bond acceptors (Lipinski definition) is 2. The van der Waals surface area contributed by atoms with Crippen molar-refractivity contribution in [3.05, 3.63) is 72.9 Å². The summed E-state index contributed by atoms with van der Waals surface area (Å²) in [6, 6.07) is 22.4. The molecule has 4 rings (SSSR count). The van der Waals surface area contributed by atoms with Crippen molar-refractivity contribution in [1.82, 2.24) is 15.2 Å². The molecular formula is C18H13N3. The Balaban J connectivity index is 1.85. The Labute approximate surface area is 122 Å². The van der Waals surface area contributed by atoms with Crippen LogP contribution in [0.25, 0.3) is 33.4 Å². The van der Waals surface area contributed by atoms with Crippen LogP contribution in [-0.2, 0) is 0 Å². The first-order chi connectivity index (χ1) is 10.4. The van der Waals surface area contributed by atoms with Crippen LogP contribution in [0.1, 0.15) is 0 Å². The van der Waals surface area contributed by atoms with Crippen molar-refractivity contribution >= 4 is 10.9 Å². The first-order valence-electron chi connectivity index (χ1n) is 6.87. The van der Waals surface area contributed by atoms with Gasteiger partial charge in [0.2, 0.25) is 0 Å². The van der Waals surface area contributed by atoms with Crippen LogP contribution in [0.3, 0.4) is 0 Å². The Hall–Kier alpha value is -2.94. The van der Waals surface area contributed by atoms with Gasteiger partial charge in [-0.05, 0) is 18.2 Å². The number of aromatic amines is 1. The topological polar surface area (TPSA) is 41.6 Å². The van der Waals surface area contributed by atoms with E-state index in [1.54, 1.807) is 0 Å². The van der Waals surface area contributed by atoms with Gasteiger partial charge in [0.25, 0.3) is 0 Å². The normalized spacial score (nSPS) is 10.9. The van der Waals surface area contributed by atoms with E-state index in [0.717, 1.165) is 33.4 Å². The monoisotopic (exact) mass is 271 g/mol. The van der Waals surface area contributed by atoms with E-state index in [1.807, 2.05) is 48.7 Å². The van der Waals surface area contributed by atoms with Crippen molar-refractivity contribution < 1.29 is 0 Å². The van der Waals surface area contributed by atoms with Crippen molar-refractivity contribution in [2.45, 2.75) is 0 Å². The standard InChI is InChI=1S/C18H13N3/c1-2-6-13(7-3-1)17-12-18(21-20-17)15-10-11-19-16-9-5-4-8-14(15)16/h1-12H,(H,20,21). The second kappa shape index (κ2) is 4.87. The summed E-state index contributed by atoms with van der Waals surface area (Å²) in [5.74, 6) is 0. The lowest BCUT2D eigenvalue weighted by molar-refractivity contribution is 1.10. The van der Waals surface area contributed by atoms with E-state index in [0.29, 0.717) is 0 Å². The molecule has 0 saturated heterocycles. The third-order valence-corrected chi connectivity index (χ3v) is 3.59. The zero-order valence-corrected chi connectivity index (χ0v) is 11.3. The van der Waals surface area contributed by atoms with Gasteiger partial charge in [-0.15, -0.1) is 0 Å². The molecule has 0 atom stereocenters. The first kappa shape index (κ1) is 11.9. The fourth-order valence-electron chi connectivity index (χ4n) is 2.55. The molecule has 1 N–H and O–H groups in total. The highest BCUT2D eigenvalue weighted by atomic mass is 15.1.